The minimum atomic E-state index is -0.551. The molecule has 0 atom stereocenters. The van der Waals surface area contributed by atoms with Gasteiger partial charge in [-0.05, 0) is 67.8 Å². The molecule has 2 amide bonds. The van der Waals surface area contributed by atoms with Crippen LogP contribution in [0.3, 0.4) is 0 Å². The van der Waals surface area contributed by atoms with Gasteiger partial charge >= 0.3 is 0 Å². The molecule has 0 unspecified atom stereocenters. The van der Waals surface area contributed by atoms with Crippen LogP contribution in [-0.4, -0.2) is 31.6 Å². The number of carbonyl (C=O) groups is 2. The SMILES string of the molecule is CCOc1ccc(CCNC(=O)c2cccc(COc3ccccc3C(N)=O)c2)cc1OCC. The molecule has 3 N–H and O–H groups in total. The molecule has 3 aromatic rings. The second-order valence-corrected chi connectivity index (χ2v) is 7.50. The molecular weight excluding hydrogens is 432 g/mol. The van der Waals surface area contributed by atoms with Crippen molar-refractivity contribution in [1.82, 2.24) is 5.32 Å². The van der Waals surface area contributed by atoms with Crippen molar-refractivity contribution in [2.45, 2.75) is 26.9 Å². The second-order valence-electron chi connectivity index (χ2n) is 7.50. The van der Waals surface area contributed by atoms with E-state index in [1.165, 1.54) is 0 Å². The van der Waals surface area contributed by atoms with Gasteiger partial charge in [0.25, 0.3) is 11.8 Å². The molecule has 0 heterocycles. The molecule has 0 saturated carbocycles. The van der Waals surface area contributed by atoms with Gasteiger partial charge in [0.05, 0.1) is 18.8 Å². The zero-order valence-electron chi connectivity index (χ0n) is 19.5. The quantitative estimate of drug-likeness (QED) is 0.422. The summed E-state index contributed by atoms with van der Waals surface area (Å²) >= 11 is 0. The molecule has 3 aromatic carbocycles. The first kappa shape index (κ1) is 24.6. The van der Waals surface area contributed by atoms with E-state index in [2.05, 4.69) is 5.32 Å². The third-order valence-electron chi connectivity index (χ3n) is 5.04. The summed E-state index contributed by atoms with van der Waals surface area (Å²) in [4.78, 5) is 24.2. The number of nitrogens with one attached hydrogen (secondary N) is 1. The molecule has 0 bridgehead atoms. The topological polar surface area (TPSA) is 99.9 Å². The van der Waals surface area contributed by atoms with Crippen molar-refractivity contribution in [2.75, 3.05) is 19.8 Å². The molecule has 7 nitrogen and oxygen atoms in total. The van der Waals surface area contributed by atoms with Gasteiger partial charge in [-0.1, -0.05) is 30.3 Å². The molecule has 0 saturated heterocycles. The lowest BCUT2D eigenvalue weighted by Gasteiger charge is -2.13. The van der Waals surface area contributed by atoms with Crippen molar-refractivity contribution in [1.29, 1.82) is 0 Å². The number of benzene rings is 3. The van der Waals surface area contributed by atoms with Gasteiger partial charge in [-0.2, -0.15) is 0 Å². The summed E-state index contributed by atoms with van der Waals surface area (Å²) in [6, 6.07) is 19.8. The highest BCUT2D eigenvalue weighted by molar-refractivity contribution is 5.95. The Balaban J connectivity index is 1.56. The van der Waals surface area contributed by atoms with E-state index < -0.39 is 5.91 Å². The maximum Gasteiger partial charge on any atom is 0.252 e. The van der Waals surface area contributed by atoms with Gasteiger partial charge in [0.2, 0.25) is 0 Å². The molecule has 34 heavy (non-hydrogen) atoms. The summed E-state index contributed by atoms with van der Waals surface area (Å²) in [5, 5.41) is 2.95. The number of primary amides is 1. The van der Waals surface area contributed by atoms with Gasteiger partial charge < -0.3 is 25.3 Å². The van der Waals surface area contributed by atoms with Crippen molar-refractivity contribution >= 4 is 11.8 Å². The van der Waals surface area contributed by atoms with Crippen LogP contribution in [0.4, 0.5) is 0 Å². The first-order chi connectivity index (χ1) is 16.5. The van der Waals surface area contributed by atoms with Gasteiger partial charge in [-0.3, -0.25) is 9.59 Å². The molecule has 0 aliphatic carbocycles. The highest BCUT2D eigenvalue weighted by Crippen LogP contribution is 2.28. The second kappa shape index (κ2) is 12.3. The van der Waals surface area contributed by atoms with Crippen LogP contribution in [0, 0.1) is 0 Å². The Morgan fingerprint density at radius 3 is 2.32 bits per heavy atom. The molecular formula is C27H30N2O5. The largest absolute Gasteiger partial charge is 0.490 e. The normalized spacial score (nSPS) is 10.4. The van der Waals surface area contributed by atoms with Crippen LogP contribution >= 0.6 is 0 Å². The maximum absolute atomic E-state index is 12.7. The van der Waals surface area contributed by atoms with Crippen LogP contribution in [0.25, 0.3) is 0 Å². The Kier molecular flexibility index (Phi) is 8.91. The lowest BCUT2D eigenvalue weighted by atomic mass is 10.1. The van der Waals surface area contributed by atoms with Gasteiger partial charge in [-0.25, -0.2) is 0 Å². The third kappa shape index (κ3) is 6.75. The lowest BCUT2D eigenvalue weighted by Crippen LogP contribution is -2.25. The number of nitrogens with two attached hydrogens (primary N) is 1. The standard InChI is InChI=1S/C27H30N2O5/c1-3-32-24-13-12-19(17-25(24)33-4-2)14-15-29-27(31)21-9-7-8-20(16-21)18-34-23-11-6-5-10-22(23)26(28)30/h5-13,16-17H,3-4,14-15,18H2,1-2H3,(H2,28,30)(H,29,31). The molecule has 7 heteroatoms. The van der Waals surface area contributed by atoms with Crippen molar-refractivity contribution < 1.29 is 23.8 Å². The Morgan fingerprint density at radius 1 is 0.794 bits per heavy atom. The zero-order chi connectivity index (χ0) is 24.3. The molecule has 0 aliphatic heterocycles. The molecule has 0 spiro atoms. The molecule has 0 aliphatic rings. The van der Waals surface area contributed by atoms with E-state index in [0.29, 0.717) is 48.8 Å². The van der Waals surface area contributed by atoms with Gasteiger partial charge in [0.1, 0.15) is 12.4 Å². The first-order valence-corrected chi connectivity index (χ1v) is 11.3. The first-order valence-electron chi connectivity index (χ1n) is 11.3. The molecule has 0 fully saturated rings. The summed E-state index contributed by atoms with van der Waals surface area (Å²) < 4.78 is 17.0. The zero-order valence-corrected chi connectivity index (χ0v) is 19.5. The van der Waals surface area contributed by atoms with Crippen molar-refractivity contribution in [3.63, 3.8) is 0 Å². The molecule has 0 aromatic heterocycles. The average molecular weight is 463 g/mol. The third-order valence-corrected chi connectivity index (χ3v) is 5.04. The summed E-state index contributed by atoms with van der Waals surface area (Å²) in [6.45, 7) is 5.66. The van der Waals surface area contributed by atoms with Crippen molar-refractivity contribution in [3.8, 4) is 17.2 Å². The summed E-state index contributed by atoms with van der Waals surface area (Å²) in [5.74, 6) is 1.11. The highest BCUT2D eigenvalue weighted by atomic mass is 16.5. The highest BCUT2D eigenvalue weighted by Gasteiger charge is 2.11. The average Bonchev–Trinajstić information content (AvgIpc) is 2.85. The molecule has 0 radical (unpaired) electrons. The molecule has 178 valence electrons. The Hall–Kier alpha value is -4.00. The van der Waals surface area contributed by atoms with Gasteiger partial charge in [0, 0.05) is 12.1 Å². The minimum absolute atomic E-state index is 0.171. The van der Waals surface area contributed by atoms with E-state index >= 15 is 0 Å². The van der Waals surface area contributed by atoms with Gasteiger partial charge in [-0.15, -0.1) is 0 Å². The Bertz CT molecular complexity index is 1130. The fourth-order valence-electron chi connectivity index (χ4n) is 3.43. The van der Waals surface area contributed by atoms with Gasteiger partial charge in [0.15, 0.2) is 11.5 Å². The fourth-order valence-corrected chi connectivity index (χ4v) is 3.43. The van der Waals surface area contributed by atoms with Crippen molar-refractivity contribution in [3.05, 3.63) is 89.0 Å². The fraction of sp³-hybridized carbons (Fsp3) is 0.259. The van der Waals surface area contributed by atoms with Crippen LogP contribution < -0.4 is 25.3 Å². The minimum Gasteiger partial charge on any atom is -0.490 e. The van der Waals surface area contributed by atoms with E-state index in [1.807, 2.05) is 38.1 Å². The van der Waals surface area contributed by atoms with Crippen LogP contribution in [0.15, 0.2) is 66.7 Å². The summed E-state index contributed by atoms with van der Waals surface area (Å²) in [6.07, 6.45) is 0.658. The predicted molar refractivity (Wildman–Crippen MR) is 131 cm³/mol. The smallest absolute Gasteiger partial charge is 0.252 e. The van der Waals surface area contributed by atoms with Crippen LogP contribution in [0.5, 0.6) is 17.2 Å². The van der Waals surface area contributed by atoms with E-state index in [9.17, 15) is 9.59 Å². The summed E-state index contributed by atoms with van der Waals surface area (Å²) in [5.41, 5.74) is 8.10. The number of hydrogen-bond acceptors (Lipinski definition) is 5. The number of carbonyl (C=O) groups excluding carboxylic acids is 2. The monoisotopic (exact) mass is 462 g/mol. The predicted octanol–water partition coefficient (Wildman–Crippen LogP) is 4.13. The van der Waals surface area contributed by atoms with E-state index in [0.717, 1.165) is 16.9 Å². The van der Waals surface area contributed by atoms with Crippen LogP contribution in [-0.2, 0) is 13.0 Å². The van der Waals surface area contributed by atoms with E-state index in [-0.39, 0.29) is 12.5 Å². The van der Waals surface area contributed by atoms with E-state index in [4.69, 9.17) is 19.9 Å². The van der Waals surface area contributed by atoms with Crippen molar-refractivity contribution in [2.24, 2.45) is 5.73 Å². The summed E-state index contributed by atoms with van der Waals surface area (Å²) in [7, 11) is 0. The lowest BCUT2D eigenvalue weighted by molar-refractivity contribution is 0.0952. The number of rotatable bonds is 12. The number of amides is 2. The Morgan fingerprint density at radius 2 is 1.56 bits per heavy atom. The number of ether oxygens (including phenoxy) is 3. The maximum atomic E-state index is 12.7. The Labute approximate surface area is 199 Å². The van der Waals surface area contributed by atoms with E-state index in [1.54, 1.807) is 42.5 Å². The number of para-hydroxylation sites is 1. The molecule has 3 rings (SSSR count). The van der Waals surface area contributed by atoms with Crippen LogP contribution in [0.2, 0.25) is 0 Å². The van der Waals surface area contributed by atoms with Crippen LogP contribution in [0.1, 0.15) is 45.7 Å². The number of hydrogen-bond donors (Lipinski definition) is 2.